The Balaban J connectivity index is 1.71. The Morgan fingerprint density at radius 3 is 2.36 bits per heavy atom. The van der Waals surface area contributed by atoms with Crippen LogP contribution in [0.15, 0.2) is 53.7 Å². The van der Waals surface area contributed by atoms with Crippen LogP contribution in [0.25, 0.3) is 11.4 Å². The van der Waals surface area contributed by atoms with Gasteiger partial charge in [-0.05, 0) is 36.8 Å². The number of halogens is 2. The molecule has 0 bridgehead atoms. The minimum Gasteiger partial charge on any atom is -0.435 e. The van der Waals surface area contributed by atoms with Gasteiger partial charge in [0, 0.05) is 18.4 Å². The van der Waals surface area contributed by atoms with Crippen molar-refractivity contribution < 1.29 is 13.5 Å². The summed E-state index contributed by atoms with van der Waals surface area (Å²) in [7, 11) is 1.89. The van der Waals surface area contributed by atoms with Crippen LogP contribution < -0.4 is 4.74 Å². The first kappa shape index (κ1) is 17.4. The Labute approximate surface area is 148 Å². The third kappa shape index (κ3) is 4.36. The highest BCUT2D eigenvalue weighted by atomic mass is 32.2. The van der Waals surface area contributed by atoms with Crippen LogP contribution in [0.4, 0.5) is 8.78 Å². The summed E-state index contributed by atoms with van der Waals surface area (Å²) in [5, 5.41) is 9.22. The van der Waals surface area contributed by atoms with E-state index in [1.807, 2.05) is 11.6 Å². The summed E-state index contributed by atoms with van der Waals surface area (Å²) in [6.45, 7) is -0.769. The number of rotatable bonds is 6. The maximum absolute atomic E-state index is 12.2. The molecule has 0 aliphatic rings. The fourth-order valence-electron chi connectivity index (χ4n) is 2.31. The minimum atomic E-state index is -2.83. The van der Waals surface area contributed by atoms with Crippen molar-refractivity contribution in [2.75, 3.05) is 0 Å². The van der Waals surface area contributed by atoms with Gasteiger partial charge < -0.3 is 9.30 Å². The van der Waals surface area contributed by atoms with Crippen LogP contribution in [-0.2, 0) is 12.8 Å². The van der Waals surface area contributed by atoms with Gasteiger partial charge >= 0.3 is 6.61 Å². The molecule has 0 radical (unpaired) electrons. The first-order chi connectivity index (χ1) is 12.0. The number of hydrogen-bond acceptors (Lipinski definition) is 4. The highest BCUT2D eigenvalue weighted by Gasteiger charge is 2.12. The van der Waals surface area contributed by atoms with Crippen LogP contribution in [0.3, 0.4) is 0 Å². The van der Waals surface area contributed by atoms with Crippen LogP contribution in [0.1, 0.15) is 11.1 Å². The van der Waals surface area contributed by atoms with Gasteiger partial charge in [-0.1, -0.05) is 41.6 Å². The molecule has 130 valence electrons. The fraction of sp³-hybridized carbons (Fsp3) is 0.222. The van der Waals surface area contributed by atoms with E-state index in [4.69, 9.17) is 0 Å². The molecule has 0 fully saturated rings. The van der Waals surface area contributed by atoms with E-state index in [0.717, 1.165) is 16.5 Å². The zero-order chi connectivity index (χ0) is 17.8. The number of thioether (sulfide) groups is 1. The number of alkyl halides is 2. The smallest absolute Gasteiger partial charge is 0.387 e. The monoisotopic (exact) mass is 361 g/mol. The molecule has 0 saturated carbocycles. The molecule has 0 saturated heterocycles. The van der Waals surface area contributed by atoms with Crippen LogP contribution >= 0.6 is 11.8 Å². The summed E-state index contributed by atoms with van der Waals surface area (Å²) in [4.78, 5) is 0. The van der Waals surface area contributed by atoms with Gasteiger partial charge in [-0.2, -0.15) is 8.78 Å². The highest BCUT2D eigenvalue weighted by molar-refractivity contribution is 7.98. The number of aromatic nitrogens is 3. The molecule has 1 aromatic heterocycles. The lowest BCUT2D eigenvalue weighted by Crippen LogP contribution is -2.01. The first-order valence-electron chi connectivity index (χ1n) is 7.66. The van der Waals surface area contributed by atoms with Crippen LogP contribution in [0.2, 0.25) is 0 Å². The van der Waals surface area contributed by atoms with Gasteiger partial charge in [-0.15, -0.1) is 10.2 Å². The number of benzene rings is 2. The Kier molecular flexibility index (Phi) is 5.33. The zero-order valence-corrected chi connectivity index (χ0v) is 14.6. The molecule has 0 amide bonds. The molecule has 25 heavy (non-hydrogen) atoms. The van der Waals surface area contributed by atoms with Crippen molar-refractivity contribution in [3.05, 3.63) is 59.7 Å². The van der Waals surface area contributed by atoms with Gasteiger partial charge in [0.2, 0.25) is 0 Å². The van der Waals surface area contributed by atoms with E-state index in [1.54, 1.807) is 23.9 Å². The SMILES string of the molecule is Cc1ccc(CSc2nnc(-c3ccc(OC(F)F)cc3)n2C)cc1. The standard InChI is InChI=1S/C18H17F2N3OS/c1-12-3-5-13(6-4-12)11-25-18-22-21-16(23(18)2)14-7-9-15(10-8-14)24-17(19)20/h3-10,17H,11H2,1-2H3. The third-order valence-electron chi connectivity index (χ3n) is 3.66. The summed E-state index contributed by atoms with van der Waals surface area (Å²) in [6.07, 6.45) is 0. The lowest BCUT2D eigenvalue weighted by atomic mass is 10.2. The van der Waals surface area contributed by atoms with Crippen molar-refractivity contribution in [2.45, 2.75) is 24.4 Å². The molecule has 2 aromatic carbocycles. The summed E-state index contributed by atoms with van der Waals surface area (Å²) in [5.74, 6) is 1.60. The van der Waals surface area contributed by atoms with Crippen LogP contribution in [0.5, 0.6) is 5.75 Å². The molecule has 3 aromatic rings. The second-order valence-electron chi connectivity index (χ2n) is 5.54. The topological polar surface area (TPSA) is 39.9 Å². The summed E-state index contributed by atoms with van der Waals surface area (Å²) >= 11 is 1.60. The molecular weight excluding hydrogens is 344 g/mol. The van der Waals surface area contributed by atoms with E-state index >= 15 is 0 Å². The van der Waals surface area contributed by atoms with Crippen molar-refractivity contribution in [1.29, 1.82) is 0 Å². The predicted molar refractivity (Wildman–Crippen MR) is 93.8 cm³/mol. The van der Waals surface area contributed by atoms with E-state index in [-0.39, 0.29) is 5.75 Å². The number of hydrogen-bond donors (Lipinski definition) is 0. The lowest BCUT2D eigenvalue weighted by molar-refractivity contribution is -0.0498. The third-order valence-corrected chi connectivity index (χ3v) is 4.75. The second kappa shape index (κ2) is 7.65. The zero-order valence-electron chi connectivity index (χ0n) is 13.8. The maximum atomic E-state index is 12.2. The highest BCUT2D eigenvalue weighted by Crippen LogP contribution is 2.26. The molecule has 0 aliphatic heterocycles. The summed E-state index contributed by atoms with van der Waals surface area (Å²) < 4.78 is 30.7. The largest absolute Gasteiger partial charge is 0.435 e. The molecule has 3 rings (SSSR count). The lowest BCUT2D eigenvalue weighted by Gasteiger charge is -2.06. The number of aryl methyl sites for hydroxylation is 1. The van der Waals surface area contributed by atoms with Crippen molar-refractivity contribution in [1.82, 2.24) is 14.8 Å². The Bertz CT molecular complexity index is 833. The van der Waals surface area contributed by atoms with Gasteiger partial charge in [0.1, 0.15) is 5.75 Å². The van der Waals surface area contributed by atoms with E-state index in [1.165, 1.54) is 23.3 Å². The molecule has 4 nitrogen and oxygen atoms in total. The summed E-state index contributed by atoms with van der Waals surface area (Å²) in [6, 6.07) is 14.7. The van der Waals surface area contributed by atoms with E-state index < -0.39 is 6.61 Å². The molecule has 0 atom stereocenters. The fourth-order valence-corrected chi connectivity index (χ4v) is 3.18. The van der Waals surface area contributed by atoms with Crippen molar-refractivity contribution in [2.24, 2.45) is 7.05 Å². The second-order valence-corrected chi connectivity index (χ2v) is 6.48. The van der Waals surface area contributed by atoms with Crippen molar-refractivity contribution in [3.8, 4) is 17.1 Å². The molecule has 0 aliphatic carbocycles. The molecule has 7 heteroatoms. The van der Waals surface area contributed by atoms with Gasteiger partial charge in [-0.25, -0.2) is 0 Å². The van der Waals surface area contributed by atoms with E-state index in [9.17, 15) is 8.78 Å². The normalized spacial score (nSPS) is 11.1. The molecule has 1 heterocycles. The molecular formula is C18H17F2N3OS. The van der Waals surface area contributed by atoms with Gasteiger partial charge in [0.15, 0.2) is 11.0 Å². The molecule has 0 unspecified atom stereocenters. The number of ether oxygens (including phenoxy) is 1. The van der Waals surface area contributed by atoms with E-state index in [2.05, 4.69) is 46.1 Å². The predicted octanol–water partition coefficient (Wildman–Crippen LogP) is 4.68. The Morgan fingerprint density at radius 1 is 1.04 bits per heavy atom. The van der Waals surface area contributed by atoms with Crippen molar-refractivity contribution >= 4 is 11.8 Å². The van der Waals surface area contributed by atoms with Crippen LogP contribution in [-0.4, -0.2) is 21.4 Å². The number of nitrogens with zero attached hydrogens (tertiary/aromatic N) is 3. The Morgan fingerprint density at radius 2 is 1.72 bits per heavy atom. The maximum Gasteiger partial charge on any atom is 0.387 e. The minimum absolute atomic E-state index is 0.120. The Hall–Kier alpha value is -2.41. The van der Waals surface area contributed by atoms with Gasteiger partial charge in [0.05, 0.1) is 0 Å². The quantitative estimate of drug-likeness (QED) is 0.598. The average molecular weight is 361 g/mol. The average Bonchev–Trinajstić information content (AvgIpc) is 2.95. The van der Waals surface area contributed by atoms with Gasteiger partial charge in [0.25, 0.3) is 0 Å². The molecule has 0 N–H and O–H groups in total. The summed E-state index contributed by atoms with van der Waals surface area (Å²) in [5.41, 5.74) is 3.24. The van der Waals surface area contributed by atoms with E-state index in [0.29, 0.717) is 5.82 Å². The first-order valence-corrected chi connectivity index (χ1v) is 8.64. The molecule has 0 spiro atoms. The van der Waals surface area contributed by atoms with Crippen molar-refractivity contribution in [3.63, 3.8) is 0 Å². The van der Waals surface area contributed by atoms with Crippen LogP contribution in [0, 0.1) is 6.92 Å². The van der Waals surface area contributed by atoms with Gasteiger partial charge in [-0.3, -0.25) is 0 Å².